The summed E-state index contributed by atoms with van der Waals surface area (Å²) in [6.07, 6.45) is -3.24. The van der Waals surface area contributed by atoms with E-state index in [1.165, 1.54) is 0 Å². The maximum atomic E-state index is 9.40. The lowest BCUT2D eigenvalue weighted by Gasteiger charge is -2.25. The van der Waals surface area contributed by atoms with Crippen LogP contribution in [0.1, 0.15) is 6.92 Å². The number of hydrogen-bond acceptors (Lipinski definition) is 4. The molecule has 4 unspecified atom stereocenters. The molecule has 0 saturated carbocycles. The Morgan fingerprint density at radius 2 is 1.69 bits per heavy atom. The smallest absolute Gasteiger partial charge is 0.131 e. The minimum Gasteiger partial charge on any atom is -0.396 e. The number of nitrogens with two attached hydrogens (primary N) is 1. The summed E-state index contributed by atoms with van der Waals surface area (Å²) in [6, 6.07) is 0. The van der Waals surface area contributed by atoms with Gasteiger partial charge in [0, 0.05) is 12.5 Å². The molecule has 0 heterocycles. The number of aliphatic hydroxyl groups is 4. The number of rotatable bonds is 6. The maximum absolute atomic E-state index is 9.40. The Labute approximate surface area is 78.0 Å². The lowest BCUT2D eigenvalue weighted by Crippen LogP contribution is -2.83. The van der Waals surface area contributed by atoms with Gasteiger partial charge in [-0.25, -0.2) is 0 Å². The quantitative estimate of drug-likeness (QED) is 0.309. The normalized spacial score (nSPS) is 20.8. The van der Waals surface area contributed by atoms with Crippen molar-refractivity contribution in [2.24, 2.45) is 5.92 Å². The molecule has 5 nitrogen and oxygen atoms in total. The molecule has 13 heavy (non-hydrogen) atoms. The molecule has 0 aliphatic carbocycles. The molecule has 0 aromatic rings. The van der Waals surface area contributed by atoms with Gasteiger partial charge >= 0.3 is 0 Å². The zero-order valence-electron chi connectivity index (χ0n) is 8.09. The molecule has 0 saturated heterocycles. The van der Waals surface area contributed by atoms with Crippen molar-refractivity contribution in [1.82, 2.24) is 0 Å². The average molecular weight is 194 g/mol. The van der Waals surface area contributed by atoms with Crippen LogP contribution >= 0.6 is 0 Å². The molecule has 0 rings (SSSR count). The molecule has 0 fully saturated rings. The molecular formula is C8H20NO4+. The van der Waals surface area contributed by atoms with E-state index in [1.54, 1.807) is 19.3 Å². The molecule has 6 N–H and O–H groups in total. The second-order valence-electron chi connectivity index (χ2n) is 3.35. The zero-order valence-corrected chi connectivity index (χ0v) is 8.09. The van der Waals surface area contributed by atoms with Crippen LogP contribution in [0.5, 0.6) is 0 Å². The summed E-state index contributed by atoms with van der Waals surface area (Å²) in [5.41, 5.74) is 0. The molecule has 0 spiro atoms. The molecule has 0 aliphatic rings. The Hall–Kier alpha value is -0.200. The monoisotopic (exact) mass is 194 g/mol. The van der Waals surface area contributed by atoms with Crippen molar-refractivity contribution in [1.29, 1.82) is 0 Å². The Morgan fingerprint density at radius 3 is 2.08 bits per heavy atom. The van der Waals surface area contributed by atoms with Gasteiger partial charge in [-0.3, -0.25) is 0 Å². The van der Waals surface area contributed by atoms with E-state index in [0.717, 1.165) is 0 Å². The molecule has 0 aromatic carbocycles. The Bertz CT molecular complexity index is 133. The van der Waals surface area contributed by atoms with E-state index in [1.807, 2.05) is 0 Å². The first-order chi connectivity index (χ1) is 6.04. The second-order valence-corrected chi connectivity index (χ2v) is 3.35. The van der Waals surface area contributed by atoms with Crippen LogP contribution in [0.3, 0.4) is 0 Å². The van der Waals surface area contributed by atoms with Crippen LogP contribution in [0.25, 0.3) is 0 Å². The highest BCUT2D eigenvalue weighted by molar-refractivity contribution is 4.77. The van der Waals surface area contributed by atoms with E-state index < -0.39 is 24.2 Å². The van der Waals surface area contributed by atoms with Crippen LogP contribution in [-0.2, 0) is 0 Å². The fourth-order valence-electron chi connectivity index (χ4n) is 1.05. The third kappa shape index (κ3) is 4.02. The van der Waals surface area contributed by atoms with E-state index in [0.29, 0.717) is 6.54 Å². The van der Waals surface area contributed by atoms with Crippen LogP contribution < -0.4 is 5.32 Å². The third-order valence-corrected chi connectivity index (χ3v) is 2.09. The summed E-state index contributed by atoms with van der Waals surface area (Å²) in [7, 11) is 1.76. The van der Waals surface area contributed by atoms with Gasteiger partial charge in [-0.15, -0.1) is 0 Å². The molecular weight excluding hydrogens is 174 g/mol. The maximum Gasteiger partial charge on any atom is 0.131 e. The molecule has 80 valence electrons. The molecule has 4 atom stereocenters. The number of hydrogen-bond donors (Lipinski definition) is 5. The third-order valence-electron chi connectivity index (χ3n) is 2.09. The van der Waals surface area contributed by atoms with E-state index in [2.05, 4.69) is 0 Å². The SMILES string of the molecule is C[NH2+]CC(O)C(O)C(O)C(C)CO. The van der Waals surface area contributed by atoms with Gasteiger partial charge in [0.1, 0.15) is 18.8 Å². The Balaban J connectivity index is 3.99. The van der Waals surface area contributed by atoms with E-state index in [9.17, 15) is 15.3 Å². The van der Waals surface area contributed by atoms with Gasteiger partial charge in [-0.05, 0) is 0 Å². The van der Waals surface area contributed by atoms with Crippen molar-refractivity contribution in [3.05, 3.63) is 0 Å². The fraction of sp³-hybridized carbons (Fsp3) is 1.00. The highest BCUT2D eigenvalue weighted by Gasteiger charge is 2.29. The van der Waals surface area contributed by atoms with Gasteiger partial charge in [0.05, 0.1) is 13.2 Å². The summed E-state index contributed by atoms with van der Waals surface area (Å²) in [4.78, 5) is 0. The van der Waals surface area contributed by atoms with Crippen LogP contribution in [0.2, 0.25) is 0 Å². The minimum atomic E-state index is -1.20. The Morgan fingerprint density at radius 1 is 1.15 bits per heavy atom. The van der Waals surface area contributed by atoms with Crippen LogP contribution in [0, 0.1) is 5.92 Å². The average Bonchev–Trinajstić information content (AvgIpc) is 2.14. The van der Waals surface area contributed by atoms with E-state index in [-0.39, 0.29) is 6.61 Å². The van der Waals surface area contributed by atoms with Gasteiger partial charge in [0.15, 0.2) is 0 Å². The summed E-state index contributed by atoms with van der Waals surface area (Å²) in [6.45, 7) is 1.73. The molecule has 0 amide bonds. The lowest BCUT2D eigenvalue weighted by molar-refractivity contribution is -0.635. The molecule has 0 bridgehead atoms. The summed E-state index contributed by atoms with van der Waals surface area (Å²) in [5, 5.41) is 38.5. The van der Waals surface area contributed by atoms with Gasteiger partial charge in [-0.2, -0.15) is 0 Å². The van der Waals surface area contributed by atoms with Crippen molar-refractivity contribution >= 4 is 0 Å². The lowest BCUT2D eigenvalue weighted by atomic mass is 9.97. The highest BCUT2D eigenvalue weighted by atomic mass is 16.4. The first kappa shape index (κ1) is 12.8. The van der Waals surface area contributed by atoms with Gasteiger partial charge in [0.2, 0.25) is 0 Å². The predicted molar refractivity (Wildman–Crippen MR) is 47.0 cm³/mol. The second kappa shape index (κ2) is 6.28. The summed E-state index contributed by atoms with van der Waals surface area (Å²) >= 11 is 0. The topological polar surface area (TPSA) is 97.5 Å². The Kier molecular flexibility index (Phi) is 6.19. The number of quaternary nitrogens is 1. The van der Waals surface area contributed by atoms with Crippen LogP contribution in [-0.4, -0.2) is 58.9 Å². The largest absolute Gasteiger partial charge is 0.396 e. The van der Waals surface area contributed by atoms with Gasteiger partial charge < -0.3 is 25.7 Å². The molecule has 0 aromatic heterocycles. The first-order valence-electron chi connectivity index (χ1n) is 4.47. The predicted octanol–water partition coefficient (Wildman–Crippen LogP) is -3.11. The van der Waals surface area contributed by atoms with Crippen LogP contribution in [0.15, 0.2) is 0 Å². The van der Waals surface area contributed by atoms with Crippen molar-refractivity contribution in [3.63, 3.8) is 0 Å². The molecule has 5 heteroatoms. The van der Waals surface area contributed by atoms with Gasteiger partial charge in [0.25, 0.3) is 0 Å². The first-order valence-corrected chi connectivity index (χ1v) is 4.47. The summed E-state index contributed by atoms with van der Waals surface area (Å²) in [5.74, 6) is -0.429. The minimum absolute atomic E-state index is 0.208. The number of aliphatic hydroxyl groups excluding tert-OH is 4. The fourth-order valence-corrected chi connectivity index (χ4v) is 1.05. The zero-order chi connectivity index (χ0) is 10.4. The van der Waals surface area contributed by atoms with E-state index in [4.69, 9.17) is 5.11 Å². The molecule has 0 radical (unpaired) electrons. The molecule has 0 aliphatic heterocycles. The standard InChI is InChI=1S/C8H19NO4/c1-5(4-10)7(12)8(13)6(11)3-9-2/h5-13H,3-4H2,1-2H3/p+1. The van der Waals surface area contributed by atoms with Crippen LogP contribution in [0.4, 0.5) is 0 Å². The van der Waals surface area contributed by atoms with Crippen molar-refractivity contribution < 1.29 is 25.7 Å². The van der Waals surface area contributed by atoms with Crippen molar-refractivity contribution in [2.45, 2.75) is 25.2 Å². The van der Waals surface area contributed by atoms with E-state index >= 15 is 0 Å². The number of likely N-dealkylation sites (N-methyl/N-ethyl adjacent to an activating group) is 1. The summed E-state index contributed by atoms with van der Waals surface area (Å²) < 4.78 is 0. The van der Waals surface area contributed by atoms with Crippen molar-refractivity contribution in [2.75, 3.05) is 20.2 Å². The highest BCUT2D eigenvalue weighted by Crippen LogP contribution is 2.09. The van der Waals surface area contributed by atoms with Crippen molar-refractivity contribution in [3.8, 4) is 0 Å². The van der Waals surface area contributed by atoms with Gasteiger partial charge in [-0.1, -0.05) is 6.92 Å².